The average Bonchev–Trinajstić information content (AvgIpc) is 2.99. The van der Waals surface area contributed by atoms with Gasteiger partial charge in [-0.1, -0.05) is 11.6 Å². The zero-order valence-corrected chi connectivity index (χ0v) is 11.8. The number of nitrogens with one attached hydrogen (secondary N) is 1. The maximum absolute atomic E-state index is 6.04. The van der Waals surface area contributed by atoms with E-state index in [1.54, 1.807) is 6.20 Å². The maximum Gasteiger partial charge on any atom is 0.178 e. The van der Waals surface area contributed by atoms with Crippen LogP contribution in [0.15, 0.2) is 36.9 Å². The summed E-state index contributed by atoms with van der Waals surface area (Å²) in [7, 11) is 0. The Balaban J connectivity index is 1.82. The second kappa shape index (κ2) is 5.19. The van der Waals surface area contributed by atoms with Crippen molar-refractivity contribution in [2.45, 2.75) is 19.5 Å². The number of aromatic nitrogens is 4. The molecule has 0 saturated heterocycles. The molecule has 6 heteroatoms. The summed E-state index contributed by atoms with van der Waals surface area (Å²) in [5, 5.41) is 0.727. The third-order valence-electron chi connectivity index (χ3n) is 3.09. The Bertz CT molecular complexity index is 742. The van der Waals surface area contributed by atoms with Crippen LogP contribution in [0.5, 0.6) is 0 Å². The van der Waals surface area contributed by atoms with Gasteiger partial charge < -0.3 is 14.1 Å². The Kier molecular flexibility index (Phi) is 3.40. The maximum atomic E-state index is 6.04. The molecule has 0 saturated carbocycles. The SMILES string of the molecule is S=c1[nH]c2ccc(Cl)cc2n1CCCn1ccnc1. The van der Waals surface area contributed by atoms with E-state index >= 15 is 0 Å². The third-order valence-corrected chi connectivity index (χ3v) is 3.65. The number of aryl methyl sites for hydroxylation is 2. The van der Waals surface area contributed by atoms with Crippen LogP contribution in [-0.2, 0) is 13.1 Å². The number of aromatic amines is 1. The molecule has 4 nitrogen and oxygen atoms in total. The molecule has 98 valence electrons. The van der Waals surface area contributed by atoms with Gasteiger partial charge in [0.25, 0.3) is 0 Å². The van der Waals surface area contributed by atoms with Gasteiger partial charge in [0.15, 0.2) is 4.77 Å². The Labute approximate surface area is 120 Å². The van der Waals surface area contributed by atoms with Gasteiger partial charge in [0, 0.05) is 30.5 Å². The van der Waals surface area contributed by atoms with E-state index in [-0.39, 0.29) is 0 Å². The van der Waals surface area contributed by atoms with Crippen LogP contribution in [0, 0.1) is 4.77 Å². The molecule has 0 aliphatic carbocycles. The van der Waals surface area contributed by atoms with E-state index in [9.17, 15) is 0 Å². The Morgan fingerprint density at radius 2 is 2.21 bits per heavy atom. The Morgan fingerprint density at radius 1 is 1.32 bits per heavy atom. The molecule has 3 rings (SSSR count). The van der Waals surface area contributed by atoms with E-state index in [1.165, 1.54) is 0 Å². The first-order valence-corrected chi connectivity index (χ1v) is 6.86. The largest absolute Gasteiger partial charge is 0.337 e. The second-order valence-corrected chi connectivity index (χ2v) is 5.22. The van der Waals surface area contributed by atoms with E-state index in [2.05, 4.69) is 19.1 Å². The number of fused-ring (bicyclic) bond motifs is 1. The molecule has 1 N–H and O–H groups in total. The van der Waals surface area contributed by atoms with Crippen LogP contribution >= 0.6 is 23.8 Å². The van der Waals surface area contributed by atoms with Crippen LogP contribution in [0.1, 0.15) is 6.42 Å². The predicted molar refractivity (Wildman–Crippen MR) is 79.0 cm³/mol. The van der Waals surface area contributed by atoms with E-state index in [4.69, 9.17) is 23.8 Å². The fourth-order valence-corrected chi connectivity index (χ4v) is 2.64. The summed E-state index contributed by atoms with van der Waals surface area (Å²) in [6.45, 7) is 1.78. The number of rotatable bonds is 4. The second-order valence-electron chi connectivity index (χ2n) is 4.40. The van der Waals surface area contributed by atoms with E-state index in [0.29, 0.717) is 0 Å². The van der Waals surface area contributed by atoms with Gasteiger partial charge in [-0.05, 0) is 36.8 Å². The van der Waals surface area contributed by atoms with Crippen LogP contribution < -0.4 is 0 Å². The van der Waals surface area contributed by atoms with Gasteiger partial charge in [0.2, 0.25) is 0 Å². The lowest BCUT2D eigenvalue weighted by Gasteiger charge is -2.05. The highest BCUT2D eigenvalue weighted by Gasteiger charge is 2.04. The summed E-state index contributed by atoms with van der Waals surface area (Å²) in [5.41, 5.74) is 2.08. The molecule has 0 amide bonds. The first-order chi connectivity index (χ1) is 9.24. The summed E-state index contributed by atoms with van der Waals surface area (Å²) >= 11 is 11.4. The molecule has 0 fully saturated rings. The van der Waals surface area contributed by atoms with E-state index in [0.717, 1.165) is 40.3 Å². The number of hydrogen-bond acceptors (Lipinski definition) is 2. The van der Waals surface area contributed by atoms with E-state index < -0.39 is 0 Å². The molecule has 0 bridgehead atoms. The molecular weight excluding hydrogens is 280 g/mol. The smallest absolute Gasteiger partial charge is 0.178 e. The lowest BCUT2D eigenvalue weighted by Crippen LogP contribution is -2.02. The summed E-state index contributed by atoms with van der Waals surface area (Å²) in [5.74, 6) is 0. The Morgan fingerprint density at radius 3 is 3.00 bits per heavy atom. The molecule has 3 aromatic rings. The minimum absolute atomic E-state index is 0.727. The van der Waals surface area contributed by atoms with Gasteiger partial charge in [-0.15, -0.1) is 0 Å². The lowest BCUT2D eigenvalue weighted by atomic mass is 10.3. The summed E-state index contributed by atoms with van der Waals surface area (Å²) in [6.07, 6.45) is 6.57. The molecule has 2 aromatic heterocycles. The zero-order valence-electron chi connectivity index (χ0n) is 10.2. The quantitative estimate of drug-likeness (QED) is 0.746. The minimum atomic E-state index is 0.727. The monoisotopic (exact) mass is 292 g/mol. The average molecular weight is 293 g/mol. The van der Waals surface area contributed by atoms with Gasteiger partial charge in [-0.2, -0.15) is 0 Å². The minimum Gasteiger partial charge on any atom is -0.337 e. The van der Waals surface area contributed by atoms with Crippen LogP contribution in [0.2, 0.25) is 5.02 Å². The molecule has 0 unspecified atom stereocenters. The number of imidazole rings is 2. The first-order valence-electron chi connectivity index (χ1n) is 6.08. The molecule has 0 atom stereocenters. The van der Waals surface area contributed by atoms with Gasteiger partial charge in [-0.25, -0.2) is 4.98 Å². The van der Waals surface area contributed by atoms with Crippen LogP contribution in [0.4, 0.5) is 0 Å². The fourth-order valence-electron chi connectivity index (χ4n) is 2.18. The van der Waals surface area contributed by atoms with Crippen molar-refractivity contribution < 1.29 is 0 Å². The molecular formula is C13H13ClN4S. The third kappa shape index (κ3) is 2.57. The standard InChI is InChI=1S/C13H13ClN4S/c14-10-2-3-11-12(8-10)18(13(19)16-11)6-1-5-17-7-4-15-9-17/h2-4,7-9H,1,5-6H2,(H,16,19). The number of nitrogens with zero attached hydrogens (tertiary/aromatic N) is 3. The molecule has 0 aliphatic rings. The van der Waals surface area contributed by atoms with Crippen LogP contribution in [0.25, 0.3) is 11.0 Å². The van der Waals surface area contributed by atoms with Crippen molar-refractivity contribution in [2.24, 2.45) is 0 Å². The summed E-state index contributed by atoms with van der Waals surface area (Å²) in [6, 6.07) is 5.77. The molecule has 19 heavy (non-hydrogen) atoms. The first kappa shape index (κ1) is 12.4. The van der Waals surface area contributed by atoms with Crippen molar-refractivity contribution >= 4 is 34.9 Å². The number of hydrogen-bond donors (Lipinski definition) is 1. The van der Waals surface area contributed by atoms with Crippen molar-refractivity contribution in [2.75, 3.05) is 0 Å². The molecule has 1 aromatic carbocycles. The van der Waals surface area contributed by atoms with Crippen LogP contribution in [0.3, 0.4) is 0 Å². The molecule has 0 spiro atoms. The van der Waals surface area contributed by atoms with Crippen molar-refractivity contribution in [1.29, 1.82) is 0 Å². The van der Waals surface area contributed by atoms with Gasteiger partial charge in [0.05, 0.1) is 17.4 Å². The van der Waals surface area contributed by atoms with Crippen molar-refractivity contribution in [1.82, 2.24) is 19.1 Å². The van der Waals surface area contributed by atoms with Crippen molar-refractivity contribution in [3.05, 3.63) is 46.7 Å². The molecule has 0 aliphatic heterocycles. The highest BCUT2D eigenvalue weighted by Crippen LogP contribution is 2.19. The van der Waals surface area contributed by atoms with E-state index in [1.807, 2.05) is 30.7 Å². The van der Waals surface area contributed by atoms with Crippen molar-refractivity contribution in [3.8, 4) is 0 Å². The van der Waals surface area contributed by atoms with Gasteiger partial charge in [-0.3, -0.25) is 0 Å². The van der Waals surface area contributed by atoms with Crippen molar-refractivity contribution in [3.63, 3.8) is 0 Å². The number of halogens is 1. The topological polar surface area (TPSA) is 38.5 Å². The zero-order chi connectivity index (χ0) is 13.2. The van der Waals surface area contributed by atoms with Gasteiger partial charge >= 0.3 is 0 Å². The highest BCUT2D eigenvalue weighted by atomic mass is 35.5. The summed E-state index contributed by atoms with van der Waals surface area (Å²) < 4.78 is 4.89. The number of benzene rings is 1. The fraction of sp³-hybridized carbons (Fsp3) is 0.231. The van der Waals surface area contributed by atoms with Gasteiger partial charge in [0.1, 0.15) is 0 Å². The normalized spacial score (nSPS) is 11.2. The van der Waals surface area contributed by atoms with Crippen LogP contribution in [-0.4, -0.2) is 19.1 Å². The summed E-state index contributed by atoms with van der Waals surface area (Å²) in [4.78, 5) is 7.23. The predicted octanol–water partition coefficient (Wildman–Crippen LogP) is 3.64. The Hall–Kier alpha value is -1.59. The number of H-pyrrole nitrogens is 1. The molecule has 0 radical (unpaired) electrons. The lowest BCUT2D eigenvalue weighted by molar-refractivity contribution is 0.568. The highest BCUT2D eigenvalue weighted by molar-refractivity contribution is 7.71. The molecule has 2 heterocycles.